The van der Waals surface area contributed by atoms with Gasteiger partial charge in [-0.25, -0.2) is 13.4 Å². The highest BCUT2D eigenvalue weighted by atomic mass is 32.2. The highest BCUT2D eigenvalue weighted by Crippen LogP contribution is 2.30. The summed E-state index contributed by atoms with van der Waals surface area (Å²) in [6, 6.07) is 18.2. The minimum atomic E-state index is -3.86. The number of nitrogens with zero attached hydrogens (tertiary/aromatic N) is 2. The van der Waals surface area contributed by atoms with Gasteiger partial charge in [0.1, 0.15) is 5.82 Å². The summed E-state index contributed by atoms with van der Waals surface area (Å²) in [6.45, 7) is 6.95. The lowest BCUT2D eigenvalue weighted by Gasteiger charge is -2.18. The molecule has 32 heavy (non-hydrogen) atoms. The standard InChI is InChI=1S/C24H25N4O3S/c1-3-28(4-2)16-17-8-7-11-22-23(17)26-24(25-22)20-9-5-6-10-21(20)27-32(30,31)19-14-12-18(29)13-15-19/h5-15,27H,3-4,16H2,1-2H3,(H,25,26). The van der Waals surface area contributed by atoms with E-state index in [9.17, 15) is 13.5 Å². The third kappa shape index (κ3) is 4.46. The third-order valence-corrected chi connectivity index (χ3v) is 6.83. The number of benzene rings is 3. The molecular formula is C24H25N4O3S. The minimum absolute atomic E-state index is 0.0259. The zero-order chi connectivity index (χ0) is 22.7. The first-order valence-corrected chi connectivity index (χ1v) is 12.0. The van der Waals surface area contributed by atoms with Gasteiger partial charge in [-0.05, 0) is 61.1 Å². The van der Waals surface area contributed by atoms with Gasteiger partial charge < -0.3 is 4.98 Å². The molecule has 0 aliphatic carbocycles. The average molecular weight is 450 g/mol. The van der Waals surface area contributed by atoms with Gasteiger partial charge in [0.2, 0.25) is 0 Å². The fourth-order valence-electron chi connectivity index (χ4n) is 3.64. The van der Waals surface area contributed by atoms with Crippen LogP contribution in [0.4, 0.5) is 5.69 Å². The second-order valence-electron chi connectivity index (χ2n) is 7.48. The molecule has 0 bridgehead atoms. The molecule has 165 valence electrons. The number of hydrogen-bond donors (Lipinski definition) is 2. The zero-order valence-electron chi connectivity index (χ0n) is 18.0. The van der Waals surface area contributed by atoms with Crippen LogP contribution in [0.1, 0.15) is 19.4 Å². The van der Waals surface area contributed by atoms with Gasteiger partial charge >= 0.3 is 0 Å². The number of hydrogen-bond acceptors (Lipinski definition) is 4. The smallest absolute Gasteiger partial charge is 0.261 e. The molecule has 0 unspecified atom stereocenters. The van der Waals surface area contributed by atoms with Crippen molar-refractivity contribution < 1.29 is 13.5 Å². The maximum Gasteiger partial charge on any atom is 0.261 e. The van der Waals surface area contributed by atoms with E-state index in [-0.39, 0.29) is 10.6 Å². The molecule has 0 saturated carbocycles. The Labute approximate surface area is 187 Å². The number of imidazole rings is 1. The number of anilines is 1. The maximum absolute atomic E-state index is 12.9. The van der Waals surface area contributed by atoms with Crippen LogP contribution < -0.4 is 4.72 Å². The van der Waals surface area contributed by atoms with Crippen LogP contribution in [0.2, 0.25) is 0 Å². The Balaban J connectivity index is 1.72. The first kappa shape index (κ1) is 21.9. The maximum atomic E-state index is 12.9. The lowest BCUT2D eigenvalue weighted by molar-refractivity contribution is 0.297. The van der Waals surface area contributed by atoms with Gasteiger partial charge in [-0.3, -0.25) is 14.7 Å². The van der Waals surface area contributed by atoms with Crippen LogP contribution in [0, 0.1) is 0 Å². The van der Waals surface area contributed by atoms with Gasteiger partial charge in [0, 0.05) is 12.1 Å². The topological polar surface area (TPSA) is 98.0 Å². The number of rotatable bonds is 8. The predicted octanol–water partition coefficient (Wildman–Crippen LogP) is 5.02. The Bertz CT molecular complexity index is 1330. The summed E-state index contributed by atoms with van der Waals surface area (Å²) in [6.07, 6.45) is 0. The quantitative estimate of drug-likeness (QED) is 0.395. The molecule has 2 N–H and O–H groups in total. The molecule has 3 aromatic carbocycles. The summed E-state index contributed by atoms with van der Waals surface area (Å²) in [5, 5.41) is 11.3. The van der Waals surface area contributed by atoms with E-state index < -0.39 is 10.0 Å². The summed E-state index contributed by atoms with van der Waals surface area (Å²) < 4.78 is 28.4. The number of H-pyrrole nitrogens is 1. The van der Waals surface area contributed by atoms with Gasteiger partial charge in [0.25, 0.3) is 10.0 Å². The van der Waals surface area contributed by atoms with E-state index in [0.717, 1.165) is 36.2 Å². The highest BCUT2D eigenvalue weighted by molar-refractivity contribution is 7.92. The number of nitrogens with one attached hydrogen (secondary N) is 2. The second kappa shape index (κ2) is 9.02. The molecule has 8 heteroatoms. The molecule has 0 spiro atoms. The van der Waals surface area contributed by atoms with Crippen molar-refractivity contribution in [3.63, 3.8) is 0 Å². The SMILES string of the molecule is CCN(CC)Cc1cccc2[nH]c(-c3ccccc3NS(=O)(=O)c3ccc([O])cc3)nc12. The second-order valence-corrected chi connectivity index (χ2v) is 9.16. The van der Waals surface area contributed by atoms with Crippen molar-refractivity contribution in [3.8, 4) is 17.1 Å². The number of sulfonamides is 1. The Morgan fingerprint density at radius 1 is 0.938 bits per heavy atom. The van der Waals surface area contributed by atoms with E-state index in [4.69, 9.17) is 4.98 Å². The Kier molecular flexibility index (Phi) is 6.16. The van der Waals surface area contributed by atoms with Crippen molar-refractivity contribution in [2.75, 3.05) is 17.8 Å². The van der Waals surface area contributed by atoms with E-state index in [1.165, 1.54) is 24.3 Å². The normalized spacial score (nSPS) is 11.8. The molecule has 1 radical (unpaired) electrons. The molecule has 0 aliphatic rings. The number of aromatic amines is 1. The number of para-hydroxylation sites is 2. The van der Waals surface area contributed by atoms with Crippen molar-refractivity contribution in [2.45, 2.75) is 25.3 Å². The van der Waals surface area contributed by atoms with E-state index in [1.54, 1.807) is 12.1 Å². The number of aromatic nitrogens is 2. The first-order chi connectivity index (χ1) is 15.4. The fourth-order valence-corrected chi connectivity index (χ4v) is 4.72. The molecule has 0 fully saturated rings. The zero-order valence-corrected chi connectivity index (χ0v) is 18.8. The fraction of sp³-hybridized carbons (Fsp3) is 0.208. The average Bonchev–Trinajstić information content (AvgIpc) is 3.23. The molecular weight excluding hydrogens is 424 g/mol. The van der Waals surface area contributed by atoms with Crippen LogP contribution in [-0.2, 0) is 21.7 Å². The van der Waals surface area contributed by atoms with Crippen LogP contribution in [-0.4, -0.2) is 36.4 Å². The van der Waals surface area contributed by atoms with Gasteiger partial charge in [-0.15, -0.1) is 0 Å². The predicted molar refractivity (Wildman–Crippen MR) is 126 cm³/mol. The Morgan fingerprint density at radius 3 is 2.38 bits per heavy atom. The summed E-state index contributed by atoms with van der Waals surface area (Å²) in [7, 11) is -3.86. The van der Waals surface area contributed by atoms with Crippen LogP contribution in [0.3, 0.4) is 0 Å². The van der Waals surface area contributed by atoms with Gasteiger partial charge in [0.05, 0.1) is 21.6 Å². The monoisotopic (exact) mass is 449 g/mol. The van der Waals surface area contributed by atoms with Gasteiger partial charge in [0.15, 0.2) is 5.75 Å². The Morgan fingerprint density at radius 2 is 1.66 bits per heavy atom. The first-order valence-electron chi connectivity index (χ1n) is 10.5. The highest BCUT2D eigenvalue weighted by Gasteiger charge is 2.18. The van der Waals surface area contributed by atoms with Crippen molar-refractivity contribution in [3.05, 3.63) is 72.3 Å². The van der Waals surface area contributed by atoms with Crippen molar-refractivity contribution in [1.82, 2.24) is 14.9 Å². The van der Waals surface area contributed by atoms with E-state index in [1.807, 2.05) is 24.3 Å². The molecule has 4 rings (SSSR count). The molecule has 7 nitrogen and oxygen atoms in total. The van der Waals surface area contributed by atoms with Crippen molar-refractivity contribution in [2.24, 2.45) is 0 Å². The van der Waals surface area contributed by atoms with Crippen LogP contribution >= 0.6 is 0 Å². The summed E-state index contributed by atoms with van der Waals surface area (Å²) in [4.78, 5) is 10.5. The van der Waals surface area contributed by atoms with E-state index in [0.29, 0.717) is 17.1 Å². The summed E-state index contributed by atoms with van der Waals surface area (Å²) in [5.41, 5.74) is 3.93. The largest absolute Gasteiger partial charge is 0.338 e. The number of fused-ring (bicyclic) bond motifs is 1. The molecule has 1 heterocycles. The molecule has 4 aromatic rings. The third-order valence-electron chi connectivity index (χ3n) is 5.45. The molecule has 0 atom stereocenters. The van der Waals surface area contributed by atoms with Gasteiger partial charge in [-0.2, -0.15) is 0 Å². The Hall–Kier alpha value is -3.36. The van der Waals surface area contributed by atoms with Crippen LogP contribution in [0.5, 0.6) is 5.75 Å². The molecule has 0 aliphatic heterocycles. The molecule has 1 aromatic heterocycles. The van der Waals surface area contributed by atoms with Crippen LogP contribution in [0.15, 0.2) is 71.6 Å². The van der Waals surface area contributed by atoms with Crippen molar-refractivity contribution in [1.29, 1.82) is 0 Å². The minimum Gasteiger partial charge on any atom is -0.338 e. The van der Waals surface area contributed by atoms with E-state index in [2.05, 4.69) is 34.5 Å². The van der Waals surface area contributed by atoms with E-state index >= 15 is 0 Å². The lowest BCUT2D eigenvalue weighted by atomic mass is 10.1. The van der Waals surface area contributed by atoms with Crippen LogP contribution in [0.25, 0.3) is 22.4 Å². The molecule has 0 saturated heterocycles. The molecule has 0 amide bonds. The summed E-state index contributed by atoms with van der Waals surface area (Å²) in [5.74, 6) is 0.340. The van der Waals surface area contributed by atoms with Gasteiger partial charge in [-0.1, -0.05) is 38.1 Å². The summed E-state index contributed by atoms with van der Waals surface area (Å²) >= 11 is 0. The lowest BCUT2D eigenvalue weighted by Crippen LogP contribution is -2.22. The van der Waals surface area contributed by atoms with Crippen molar-refractivity contribution >= 4 is 26.7 Å².